The van der Waals surface area contributed by atoms with E-state index in [2.05, 4.69) is 33.6 Å². The number of nitrogens with one attached hydrogen (secondary N) is 2. The lowest BCUT2D eigenvalue weighted by Gasteiger charge is -2.31. The normalized spacial score (nSPS) is 22.1. The molecule has 2 fully saturated rings. The van der Waals surface area contributed by atoms with Gasteiger partial charge >= 0.3 is 0 Å². The van der Waals surface area contributed by atoms with Gasteiger partial charge in [-0.3, -0.25) is 4.98 Å². The predicted molar refractivity (Wildman–Crippen MR) is 132 cm³/mol. The second-order valence-corrected chi connectivity index (χ2v) is 10.3. The lowest BCUT2D eigenvalue weighted by atomic mass is 9.83. The summed E-state index contributed by atoms with van der Waals surface area (Å²) in [5.74, 6) is 0.115. The van der Waals surface area contributed by atoms with Crippen LogP contribution in [0.3, 0.4) is 0 Å². The quantitative estimate of drug-likeness (QED) is 0.440. The molecule has 2 aliphatic carbocycles. The molecule has 0 saturated heterocycles. The topological polar surface area (TPSA) is 82.9 Å². The number of nitriles is 1. The highest BCUT2D eigenvalue weighted by atomic mass is 35.5. The number of nitrogens with zero attached hydrogens (tertiary/aromatic N) is 3. The van der Waals surface area contributed by atoms with Crippen LogP contribution in [0.4, 0.5) is 10.1 Å². The molecule has 0 aromatic carbocycles. The fourth-order valence-corrected chi connectivity index (χ4v) is 5.02. The van der Waals surface area contributed by atoms with Crippen LogP contribution in [0.1, 0.15) is 51.1 Å². The summed E-state index contributed by atoms with van der Waals surface area (Å²) in [4.78, 5) is 8.62. The van der Waals surface area contributed by atoms with Crippen LogP contribution in [-0.2, 0) is 11.2 Å². The molecule has 1 atom stereocenters. The van der Waals surface area contributed by atoms with Gasteiger partial charge in [0.15, 0.2) is 0 Å². The Kier molecular flexibility index (Phi) is 8.02. The smallest absolute Gasteiger partial charge is 0.149 e. The van der Waals surface area contributed by atoms with Crippen molar-refractivity contribution in [3.05, 3.63) is 41.2 Å². The van der Waals surface area contributed by atoms with Gasteiger partial charge in [0.1, 0.15) is 11.0 Å². The molecule has 2 N–H and O–H groups in total. The summed E-state index contributed by atoms with van der Waals surface area (Å²) in [7, 11) is 1.73. The summed E-state index contributed by atoms with van der Waals surface area (Å²) in [6.45, 7) is 3.42. The number of halogens is 2. The first-order valence-electron chi connectivity index (χ1n) is 12.1. The molecule has 34 heavy (non-hydrogen) atoms. The zero-order valence-electron chi connectivity index (χ0n) is 19.9. The molecule has 4 rings (SSSR count). The minimum Gasteiger partial charge on any atom is -0.383 e. The van der Waals surface area contributed by atoms with E-state index in [0.717, 1.165) is 62.9 Å². The van der Waals surface area contributed by atoms with Gasteiger partial charge in [-0.1, -0.05) is 11.6 Å². The van der Waals surface area contributed by atoms with E-state index in [1.807, 2.05) is 12.1 Å². The van der Waals surface area contributed by atoms with Crippen LogP contribution in [-0.4, -0.2) is 42.3 Å². The Morgan fingerprint density at radius 2 is 1.97 bits per heavy atom. The van der Waals surface area contributed by atoms with E-state index in [4.69, 9.17) is 16.3 Å². The first kappa shape index (κ1) is 24.8. The second-order valence-electron chi connectivity index (χ2n) is 9.91. The maximum Gasteiger partial charge on any atom is 0.149 e. The summed E-state index contributed by atoms with van der Waals surface area (Å²) in [6.07, 6.45) is 10.0. The zero-order chi connectivity index (χ0) is 24.1. The Hall–Kier alpha value is -2.27. The number of anilines is 1. The number of hydrogen-bond acceptors (Lipinski definition) is 6. The fourth-order valence-electron chi connectivity index (χ4n) is 4.81. The van der Waals surface area contributed by atoms with Crippen LogP contribution in [0.15, 0.2) is 24.5 Å². The van der Waals surface area contributed by atoms with Gasteiger partial charge in [0, 0.05) is 42.6 Å². The maximum atomic E-state index is 14.8. The molecule has 0 bridgehead atoms. The first-order valence-corrected chi connectivity index (χ1v) is 12.5. The van der Waals surface area contributed by atoms with Crippen molar-refractivity contribution in [1.29, 1.82) is 5.26 Å². The van der Waals surface area contributed by atoms with Crippen molar-refractivity contribution in [2.24, 2.45) is 11.3 Å². The molecule has 8 heteroatoms. The van der Waals surface area contributed by atoms with Crippen LogP contribution in [0, 0.1) is 28.5 Å². The molecule has 2 saturated carbocycles. The van der Waals surface area contributed by atoms with E-state index >= 15 is 0 Å². The van der Waals surface area contributed by atoms with E-state index in [1.54, 1.807) is 13.3 Å². The Labute approximate surface area is 206 Å². The van der Waals surface area contributed by atoms with Crippen molar-refractivity contribution in [3.63, 3.8) is 0 Å². The average molecular weight is 486 g/mol. The SMILES string of the molecule is COC[C@@H](C)NC1CCC(Cc2cc(-c3cc(NCC4(C#N)CC4)cnc3Cl)c(F)cn2)CC1. The summed E-state index contributed by atoms with van der Waals surface area (Å²) in [5, 5.41) is 16.5. The van der Waals surface area contributed by atoms with Gasteiger partial charge in [-0.25, -0.2) is 9.37 Å². The number of rotatable bonds is 10. The summed E-state index contributed by atoms with van der Waals surface area (Å²) >= 11 is 6.36. The highest BCUT2D eigenvalue weighted by Gasteiger charge is 2.42. The van der Waals surface area contributed by atoms with Gasteiger partial charge in [0.2, 0.25) is 0 Å². The molecular weight excluding hydrogens is 453 g/mol. The van der Waals surface area contributed by atoms with E-state index in [0.29, 0.717) is 35.7 Å². The molecule has 6 nitrogen and oxygen atoms in total. The van der Waals surface area contributed by atoms with Crippen LogP contribution < -0.4 is 10.6 Å². The Bertz CT molecular complexity index is 1030. The molecule has 2 aromatic rings. The molecule has 2 aromatic heterocycles. The lowest BCUT2D eigenvalue weighted by Crippen LogP contribution is -2.41. The summed E-state index contributed by atoms with van der Waals surface area (Å²) in [5.41, 5.74) is 2.26. The fraction of sp³-hybridized carbons (Fsp3) is 0.577. The van der Waals surface area contributed by atoms with Crippen molar-refractivity contribution >= 4 is 17.3 Å². The molecule has 0 aliphatic heterocycles. The van der Waals surface area contributed by atoms with Crippen LogP contribution in [0.25, 0.3) is 11.1 Å². The largest absolute Gasteiger partial charge is 0.383 e. The number of aromatic nitrogens is 2. The van der Waals surface area contributed by atoms with Gasteiger partial charge in [0.05, 0.1) is 36.2 Å². The number of hydrogen-bond donors (Lipinski definition) is 2. The Morgan fingerprint density at radius 3 is 2.65 bits per heavy atom. The molecule has 0 unspecified atom stereocenters. The third-order valence-electron chi connectivity index (χ3n) is 7.04. The van der Waals surface area contributed by atoms with Gasteiger partial charge in [-0.05, 0) is 69.9 Å². The third-order valence-corrected chi connectivity index (χ3v) is 7.35. The monoisotopic (exact) mass is 485 g/mol. The van der Waals surface area contributed by atoms with Crippen molar-refractivity contribution in [3.8, 4) is 17.2 Å². The number of ether oxygens (including phenoxy) is 1. The highest BCUT2D eigenvalue weighted by Crippen LogP contribution is 2.45. The van der Waals surface area contributed by atoms with Gasteiger partial charge in [-0.2, -0.15) is 5.26 Å². The van der Waals surface area contributed by atoms with Crippen LogP contribution in [0.2, 0.25) is 5.15 Å². The van der Waals surface area contributed by atoms with E-state index in [9.17, 15) is 9.65 Å². The minimum atomic E-state index is -0.416. The van der Waals surface area contributed by atoms with Crippen molar-refractivity contribution in [2.75, 3.05) is 25.6 Å². The standard InChI is InChI=1S/C26H33ClFN5O/c1-17(14-34-2)33-19-5-3-18(4-6-19)9-20-10-22(24(28)13-30-20)23-11-21(12-31-25(23)27)32-16-26(15-29)7-8-26/h10-13,17-19,32-33H,3-9,14,16H2,1-2H3/t17-,18?,19?/m1/s1. The molecule has 2 heterocycles. The van der Waals surface area contributed by atoms with E-state index in [-0.39, 0.29) is 10.6 Å². The first-order chi connectivity index (χ1) is 16.4. The summed E-state index contributed by atoms with van der Waals surface area (Å²) in [6, 6.07) is 6.86. The molecule has 0 amide bonds. The van der Waals surface area contributed by atoms with E-state index in [1.165, 1.54) is 6.20 Å². The lowest BCUT2D eigenvalue weighted by molar-refractivity contribution is 0.158. The minimum absolute atomic E-state index is 0.250. The maximum absolute atomic E-state index is 14.8. The number of methoxy groups -OCH3 is 1. The highest BCUT2D eigenvalue weighted by molar-refractivity contribution is 6.32. The van der Waals surface area contributed by atoms with Crippen LogP contribution >= 0.6 is 11.6 Å². The number of pyridine rings is 2. The van der Waals surface area contributed by atoms with Crippen LogP contribution in [0.5, 0.6) is 0 Å². The van der Waals surface area contributed by atoms with Crippen molar-refractivity contribution in [1.82, 2.24) is 15.3 Å². The van der Waals surface area contributed by atoms with Gasteiger partial charge in [0.25, 0.3) is 0 Å². The molecule has 2 aliphatic rings. The third kappa shape index (κ3) is 6.24. The summed E-state index contributed by atoms with van der Waals surface area (Å²) < 4.78 is 20.0. The molecule has 182 valence electrons. The van der Waals surface area contributed by atoms with Crippen molar-refractivity contribution < 1.29 is 9.13 Å². The molecule has 0 radical (unpaired) electrons. The van der Waals surface area contributed by atoms with E-state index < -0.39 is 5.82 Å². The molecular formula is C26H33ClFN5O. The second kappa shape index (κ2) is 11.0. The van der Waals surface area contributed by atoms with Gasteiger partial charge in [-0.15, -0.1) is 0 Å². The van der Waals surface area contributed by atoms with Crippen molar-refractivity contribution in [2.45, 2.75) is 64.0 Å². The average Bonchev–Trinajstić information content (AvgIpc) is 3.62. The Balaban J connectivity index is 1.41. The molecule has 0 spiro atoms. The zero-order valence-corrected chi connectivity index (χ0v) is 20.7. The van der Waals surface area contributed by atoms with Gasteiger partial charge < -0.3 is 15.4 Å². The Morgan fingerprint density at radius 1 is 1.21 bits per heavy atom. The predicted octanol–water partition coefficient (Wildman–Crippen LogP) is 5.38.